The van der Waals surface area contributed by atoms with Gasteiger partial charge in [0.25, 0.3) is 0 Å². The van der Waals surface area contributed by atoms with Crippen LogP contribution in [-0.2, 0) is 0 Å². The normalized spacial score (nSPS) is 17.4. The van der Waals surface area contributed by atoms with E-state index in [9.17, 15) is 0 Å². The van der Waals surface area contributed by atoms with E-state index in [0.717, 1.165) is 24.1 Å². The molecule has 16 heavy (non-hydrogen) atoms. The molecule has 1 aromatic rings. The van der Waals surface area contributed by atoms with Gasteiger partial charge in [0, 0.05) is 10.1 Å². The first kappa shape index (κ1) is 11.8. The fraction of sp³-hybridized carbons (Fsp3) is 0.538. The largest absolute Gasteiger partial charge is 0.496 e. The summed E-state index contributed by atoms with van der Waals surface area (Å²) in [4.78, 5) is 1.37. The van der Waals surface area contributed by atoms with Gasteiger partial charge in [0.05, 0.1) is 7.11 Å². The molecular formula is C13H19NOS. The summed E-state index contributed by atoms with van der Waals surface area (Å²) >= 11 is 2.00. The van der Waals surface area contributed by atoms with Gasteiger partial charge in [-0.1, -0.05) is 0 Å². The molecule has 0 radical (unpaired) electrons. The van der Waals surface area contributed by atoms with Gasteiger partial charge in [-0.2, -0.15) is 0 Å². The Morgan fingerprint density at radius 3 is 2.69 bits per heavy atom. The molecule has 1 aliphatic rings. The van der Waals surface area contributed by atoms with E-state index in [1.807, 2.05) is 11.8 Å². The van der Waals surface area contributed by atoms with Crippen molar-refractivity contribution in [2.75, 3.05) is 20.2 Å². The average Bonchev–Trinajstić information content (AvgIpc) is 2.31. The van der Waals surface area contributed by atoms with Crippen LogP contribution in [0.25, 0.3) is 0 Å². The highest BCUT2D eigenvalue weighted by atomic mass is 32.2. The Labute approximate surface area is 102 Å². The van der Waals surface area contributed by atoms with Crippen molar-refractivity contribution in [1.29, 1.82) is 0 Å². The Bertz CT molecular complexity index is 348. The second kappa shape index (κ2) is 5.60. The maximum Gasteiger partial charge on any atom is 0.121 e. The van der Waals surface area contributed by atoms with Crippen LogP contribution in [0.1, 0.15) is 18.4 Å². The number of hydrogen-bond acceptors (Lipinski definition) is 3. The van der Waals surface area contributed by atoms with Gasteiger partial charge in [-0.25, -0.2) is 0 Å². The monoisotopic (exact) mass is 237 g/mol. The van der Waals surface area contributed by atoms with Gasteiger partial charge in [-0.05, 0) is 56.6 Å². The number of hydrogen-bond donors (Lipinski definition) is 1. The summed E-state index contributed by atoms with van der Waals surface area (Å²) in [5, 5.41) is 4.17. The smallest absolute Gasteiger partial charge is 0.121 e. The highest BCUT2D eigenvalue weighted by molar-refractivity contribution is 8.00. The van der Waals surface area contributed by atoms with Crippen LogP contribution in [0.5, 0.6) is 5.75 Å². The van der Waals surface area contributed by atoms with Gasteiger partial charge >= 0.3 is 0 Å². The van der Waals surface area contributed by atoms with Crippen molar-refractivity contribution < 1.29 is 4.74 Å². The van der Waals surface area contributed by atoms with Crippen molar-refractivity contribution in [2.24, 2.45) is 0 Å². The number of aryl methyl sites for hydroxylation is 1. The minimum atomic E-state index is 0.772. The molecule has 2 nitrogen and oxygen atoms in total. The van der Waals surface area contributed by atoms with E-state index in [4.69, 9.17) is 4.74 Å². The predicted octanol–water partition coefficient (Wildman–Crippen LogP) is 2.85. The Morgan fingerprint density at radius 1 is 1.31 bits per heavy atom. The molecule has 0 atom stereocenters. The minimum absolute atomic E-state index is 0.772. The number of piperidine rings is 1. The fourth-order valence-corrected chi connectivity index (χ4v) is 3.28. The zero-order valence-electron chi connectivity index (χ0n) is 9.95. The molecule has 1 N–H and O–H groups in total. The lowest BCUT2D eigenvalue weighted by Gasteiger charge is -2.22. The van der Waals surface area contributed by atoms with E-state index in [-0.39, 0.29) is 0 Å². The van der Waals surface area contributed by atoms with E-state index in [0.29, 0.717) is 0 Å². The molecule has 88 valence electrons. The van der Waals surface area contributed by atoms with Gasteiger partial charge in [0.1, 0.15) is 5.75 Å². The first-order valence-corrected chi connectivity index (χ1v) is 6.69. The third-order valence-corrected chi connectivity index (χ3v) is 4.29. The Hall–Kier alpha value is -0.670. The summed E-state index contributed by atoms with van der Waals surface area (Å²) in [6, 6.07) is 6.46. The van der Waals surface area contributed by atoms with Crippen molar-refractivity contribution >= 4 is 11.8 Å². The van der Waals surface area contributed by atoms with Gasteiger partial charge < -0.3 is 10.1 Å². The summed E-state index contributed by atoms with van der Waals surface area (Å²) in [6.07, 6.45) is 2.55. The van der Waals surface area contributed by atoms with Crippen LogP contribution in [0.15, 0.2) is 23.1 Å². The molecule has 1 saturated heterocycles. The Kier molecular flexibility index (Phi) is 4.13. The van der Waals surface area contributed by atoms with Crippen molar-refractivity contribution in [2.45, 2.75) is 29.9 Å². The van der Waals surface area contributed by atoms with Crippen molar-refractivity contribution in [3.05, 3.63) is 23.8 Å². The summed E-state index contributed by atoms with van der Waals surface area (Å²) in [6.45, 7) is 4.42. The molecule has 0 amide bonds. The lowest BCUT2D eigenvalue weighted by molar-refractivity contribution is 0.411. The number of nitrogens with one attached hydrogen (secondary N) is 1. The maximum atomic E-state index is 5.27. The first-order chi connectivity index (χ1) is 7.79. The fourth-order valence-electron chi connectivity index (χ4n) is 2.03. The summed E-state index contributed by atoms with van der Waals surface area (Å²) < 4.78 is 5.27. The molecule has 2 rings (SSSR count). The molecule has 0 saturated carbocycles. The van der Waals surface area contributed by atoms with Gasteiger partial charge in [-0.3, -0.25) is 0 Å². The Balaban J connectivity index is 2.01. The zero-order valence-corrected chi connectivity index (χ0v) is 10.8. The van der Waals surface area contributed by atoms with Crippen LogP contribution < -0.4 is 10.1 Å². The lowest BCUT2D eigenvalue weighted by Crippen LogP contribution is -2.29. The van der Waals surface area contributed by atoms with E-state index in [1.165, 1.54) is 23.3 Å². The molecule has 0 aliphatic carbocycles. The van der Waals surface area contributed by atoms with Gasteiger partial charge in [0.2, 0.25) is 0 Å². The first-order valence-electron chi connectivity index (χ1n) is 5.81. The molecule has 1 aliphatic heterocycles. The third kappa shape index (κ3) is 2.92. The van der Waals surface area contributed by atoms with Crippen LogP contribution in [0.4, 0.5) is 0 Å². The van der Waals surface area contributed by atoms with E-state index >= 15 is 0 Å². The third-order valence-electron chi connectivity index (χ3n) is 2.96. The van der Waals surface area contributed by atoms with E-state index in [2.05, 4.69) is 30.4 Å². The number of thioether (sulfide) groups is 1. The molecule has 1 aromatic carbocycles. The molecular weight excluding hydrogens is 218 g/mol. The van der Waals surface area contributed by atoms with Gasteiger partial charge in [0.15, 0.2) is 0 Å². The summed E-state index contributed by atoms with van der Waals surface area (Å²) in [7, 11) is 1.72. The van der Waals surface area contributed by atoms with Gasteiger partial charge in [-0.15, -0.1) is 11.8 Å². The standard InChI is InChI=1S/C13H19NOS/c1-10-9-12(3-4-13(10)15-2)16-11-5-7-14-8-6-11/h3-4,9,11,14H,5-8H2,1-2H3. The number of methoxy groups -OCH3 is 1. The zero-order chi connectivity index (χ0) is 11.4. The van der Waals surface area contributed by atoms with Crippen LogP contribution in [0.3, 0.4) is 0 Å². The van der Waals surface area contributed by atoms with E-state index in [1.54, 1.807) is 7.11 Å². The van der Waals surface area contributed by atoms with E-state index < -0.39 is 0 Å². The van der Waals surface area contributed by atoms with Crippen molar-refractivity contribution in [1.82, 2.24) is 5.32 Å². The summed E-state index contributed by atoms with van der Waals surface area (Å²) in [5.41, 5.74) is 1.22. The maximum absolute atomic E-state index is 5.27. The number of ether oxygens (including phenoxy) is 1. The number of rotatable bonds is 3. The molecule has 1 heterocycles. The van der Waals surface area contributed by atoms with Crippen LogP contribution in [0, 0.1) is 6.92 Å². The molecule has 0 aromatic heterocycles. The molecule has 0 spiro atoms. The molecule has 1 fully saturated rings. The second-order valence-electron chi connectivity index (χ2n) is 4.20. The van der Waals surface area contributed by atoms with Crippen LogP contribution in [0.2, 0.25) is 0 Å². The molecule has 0 bridgehead atoms. The van der Waals surface area contributed by atoms with Crippen molar-refractivity contribution in [3.8, 4) is 5.75 Å². The van der Waals surface area contributed by atoms with Crippen LogP contribution in [-0.4, -0.2) is 25.4 Å². The molecule has 3 heteroatoms. The average molecular weight is 237 g/mol. The lowest BCUT2D eigenvalue weighted by atomic mass is 10.2. The Morgan fingerprint density at radius 2 is 2.06 bits per heavy atom. The molecule has 0 unspecified atom stereocenters. The topological polar surface area (TPSA) is 21.3 Å². The highest BCUT2D eigenvalue weighted by Gasteiger charge is 2.14. The summed E-state index contributed by atoms with van der Waals surface area (Å²) in [5.74, 6) is 0.981. The number of benzene rings is 1. The van der Waals surface area contributed by atoms with Crippen LogP contribution >= 0.6 is 11.8 Å². The predicted molar refractivity (Wildman–Crippen MR) is 69.5 cm³/mol. The quantitative estimate of drug-likeness (QED) is 0.873. The second-order valence-corrected chi connectivity index (χ2v) is 5.57. The van der Waals surface area contributed by atoms with Crippen molar-refractivity contribution in [3.63, 3.8) is 0 Å². The highest BCUT2D eigenvalue weighted by Crippen LogP contribution is 2.31. The SMILES string of the molecule is COc1ccc(SC2CCNCC2)cc1C. The minimum Gasteiger partial charge on any atom is -0.496 e.